The molecule has 1 aromatic rings. The van der Waals surface area contributed by atoms with Gasteiger partial charge in [-0.1, -0.05) is 37.3 Å². The van der Waals surface area contributed by atoms with Crippen molar-refractivity contribution in [2.24, 2.45) is 11.7 Å². The highest BCUT2D eigenvalue weighted by atomic mass is 16.5. The number of hydrogen-bond acceptors (Lipinski definition) is 5. The first kappa shape index (κ1) is 13.5. The van der Waals surface area contributed by atoms with Gasteiger partial charge in [0.2, 0.25) is 5.89 Å². The highest BCUT2D eigenvalue weighted by molar-refractivity contribution is 4.85. The molecule has 0 spiro atoms. The van der Waals surface area contributed by atoms with Crippen molar-refractivity contribution in [1.29, 1.82) is 0 Å². The van der Waals surface area contributed by atoms with Gasteiger partial charge in [-0.25, -0.2) is 0 Å². The van der Waals surface area contributed by atoms with Crippen LogP contribution in [0, 0.1) is 5.92 Å². The molecule has 18 heavy (non-hydrogen) atoms. The lowest BCUT2D eigenvalue weighted by Gasteiger charge is -2.23. The van der Waals surface area contributed by atoms with E-state index >= 15 is 0 Å². The number of rotatable bonds is 6. The molecule has 0 saturated heterocycles. The monoisotopic (exact) mass is 252 g/mol. The minimum Gasteiger partial charge on any atom is -0.338 e. The summed E-state index contributed by atoms with van der Waals surface area (Å²) >= 11 is 0. The van der Waals surface area contributed by atoms with Gasteiger partial charge in [0.1, 0.15) is 0 Å². The second-order valence-corrected chi connectivity index (χ2v) is 5.34. The van der Waals surface area contributed by atoms with Gasteiger partial charge in [0.15, 0.2) is 5.82 Å². The Bertz CT molecular complexity index is 347. The van der Waals surface area contributed by atoms with Crippen molar-refractivity contribution in [1.82, 2.24) is 15.0 Å². The van der Waals surface area contributed by atoms with E-state index in [4.69, 9.17) is 10.3 Å². The first-order valence-corrected chi connectivity index (χ1v) is 6.98. The first-order valence-electron chi connectivity index (χ1n) is 6.98. The molecule has 1 aliphatic carbocycles. The average molecular weight is 252 g/mol. The van der Waals surface area contributed by atoms with E-state index in [-0.39, 0.29) is 0 Å². The fourth-order valence-corrected chi connectivity index (χ4v) is 2.64. The van der Waals surface area contributed by atoms with Crippen LogP contribution in [0.15, 0.2) is 4.52 Å². The molecule has 102 valence electrons. The average Bonchev–Trinajstić information content (AvgIpc) is 2.85. The van der Waals surface area contributed by atoms with E-state index in [2.05, 4.69) is 22.1 Å². The van der Waals surface area contributed by atoms with Gasteiger partial charge in [0, 0.05) is 0 Å². The van der Waals surface area contributed by atoms with Crippen LogP contribution in [0.2, 0.25) is 0 Å². The highest BCUT2D eigenvalue weighted by Crippen LogP contribution is 2.26. The summed E-state index contributed by atoms with van der Waals surface area (Å²) in [6, 6.07) is 0. The fourth-order valence-electron chi connectivity index (χ4n) is 2.64. The van der Waals surface area contributed by atoms with Crippen LogP contribution in [0.1, 0.15) is 50.2 Å². The molecule has 0 bridgehead atoms. The van der Waals surface area contributed by atoms with Crippen LogP contribution < -0.4 is 5.73 Å². The second kappa shape index (κ2) is 6.85. The number of aromatic nitrogens is 2. The van der Waals surface area contributed by atoms with Crippen LogP contribution in [0.3, 0.4) is 0 Å². The number of nitrogens with zero attached hydrogens (tertiary/aromatic N) is 3. The zero-order valence-electron chi connectivity index (χ0n) is 11.3. The van der Waals surface area contributed by atoms with Gasteiger partial charge in [-0.2, -0.15) is 4.98 Å². The smallest absolute Gasteiger partial charge is 0.240 e. The molecule has 5 nitrogen and oxygen atoms in total. The molecule has 0 amide bonds. The Morgan fingerprint density at radius 2 is 2.11 bits per heavy atom. The van der Waals surface area contributed by atoms with Crippen LogP contribution in [-0.2, 0) is 13.1 Å². The molecule has 1 aliphatic rings. The third-order valence-corrected chi connectivity index (χ3v) is 3.74. The summed E-state index contributed by atoms with van der Waals surface area (Å²) < 4.78 is 5.00. The maximum absolute atomic E-state index is 5.44. The zero-order valence-corrected chi connectivity index (χ0v) is 11.3. The predicted octanol–water partition coefficient (Wildman–Crippen LogP) is 1.93. The Hall–Kier alpha value is -0.940. The van der Waals surface area contributed by atoms with Crippen molar-refractivity contribution in [3.8, 4) is 0 Å². The Labute approximate surface area is 109 Å². The van der Waals surface area contributed by atoms with E-state index in [0.29, 0.717) is 12.4 Å². The summed E-state index contributed by atoms with van der Waals surface area (Å²) in [7, 11) is 2.11. The molecule has 1 saturated carbocycles. The van der Waals surface area contributed by atoms with Crippen molar-refractivity contribution in [2.75, 3.05) is 13.6 Å². The summed E-state index contributed by atoms with van der Waals surface area (Å²) in [5.41, 5.74) is 5.44. The van der Waals surface area contributed by atoms with E-state index in [1.165, 1.54) is 38.5 Å². The molecule has 0 aliphatic heterocycles. The van der Waals surface area contributed by atoms with Crippen LogP contribution in [0.4, 0.5) is 0 Å². The van der Waals surface area contributed by atoms with E-state index < -0.39 is 0 Å². The van der Waals surface area contributed by atoms with Crippen molar-refractivity contribution in [3.05, 3.63) is 11.7 Å². The van der Waals surface area contributed by atoms with E-state index in [1.54, 1.807) is 0 Å². The SMILES string of the molecule is CN(CCC1CCCCC1)Cc1noc(CN)n1. The Balaban J connectivity index is 1.69. The number of nitrogens with two attached hydrogens (primary N) is 1. The van der Waals surface area contributed by atoms with E-state index in [1.807, 2.05) is 0 Å². The molecule has 0 atom stereocenters. The summed E-state index contributed by atoms with van der Waals surface area (Å²) in [5.74, 6) is 2.18. The summed E-state index contributed by atoms with van der Waals surface area (Å²) in [5, 5.41) is 3.91. The van der Waals surface area contributed by atoms with Crippen LogP contribution in [0.25, 0.3) is 0 Å². The molecule has 2 rings (SSSR count). The van der Waals surface area contributed by atoms with Crippen molar-refractivity contribution < 1.29 is 4.52 Å². The van der Waals surface area contributed by atoms with Gasteiger partial charge in [-0.3, -0.25) is 4.90 Å². The third kappa shape index (κ3) is 4.07. The Morgan fingerprint density at radius 1 is 1.33 bits per heavy atom. The topological polar surface area (TPSA) is 68.2 Å². The van der Waals surface area contributed by atoms with Gasteiger partial charge in [0.25, 0.3) is 0 Å². The van der Waals surface area contributed by atoms with E-state index in [0.717, 1.165) is 24.8 Å². The minimum atomic E-state index is 0.318. The molecule has 5 heteroatoms. The molecule has 1 heterocycles. The van der Waals surface area contributed by atoms with Crippen molar-refractivity contribution in [2.45, 2.75) is 51.6 Å². The number of hydrogen-bond donors (Lipinski definition) is 1. The maximum Gasteiger partial charge on any atom is 0.240 e. The zero-order chi connectivity index (χ0) is 12.8. The fraction of sp³-hybridized carbons (Fsp3) is 0.846. The highest BCUT2D eigenvalue weighted by Gasteiger charge is 2.14. The quantitative estimate of drug-likeness (QED) is 0.838. The lowest BCUT2D eigenvalue weighted by atomic mass is 9.87. The molecule has 1 aromatic heterocycles. The summed E-state index contributed by atoms with van der Waals surface area (Å²) in [6.45, 7) is 2.17. The summed E-state index contributed by atoms with van der Waals surface area (Å²) in [6.07, 6.45) is 8.37. The molecule has 2 N–H and O–H groups in total. The largest absolute Gasteiger partial charge is 0.338 e. The molecule has 1 fully saturated rings. The van der Waals surface area contributed by atoms with Gasteiger partial charge in [-0.15, -0.1) is 0 Å². The summed E-state index contributed by atoms with van der Waals surface area (Å²) in [4.78, 5) is 6.48. The van der Waals surface area contributed by atoms with Crippen molar-refractivity contribution in [3.63, 3.8) is 0 Å². The molecule has 0 radical (unpaired) electrons. The standard InChI is InChI=1S/C13H24N4O/c1-17(8-7-11-5-3-2-4-6-11)10-12-15-13(9-14)18-16-12/h11H,2-10,14H2,1H3. The second-order valence-electron chi connectivity index (χ2n) is 5.34. The lowest BCUT2D eigenvalue weighted by Crippen LogP contribution is -2.22. The molecular weight excluding hydrogens is 228 g/mol. The molecule has 0 unspecified atom stereocenters. The third-order valence-electron chi connectivity index (χ3n) is 3.74. The van der Waals surface area contributed by atoms with Gasteiger partial charge >= 0.3 is 0 Å². The Kier molecular flexibility index (Phi) is 5.13. The van der Waals surface area contributed by atoms with Gasteiger partial charge < -0.3 is 10.3 Å². The minimum absolute atomic E-state index is 0.318. The lowest BCUT2D eigenvalue weighted by molar-refractivity contribution is 0.253. The first-order chi connectivity index (χ1) is 8.78. The van der Waals surface area contributed by atoms with Crippen LogP contribution in [-0.4, -0.2) is 28.6 Å². The molecule has 0 aromatic carbocycles. The normalized spacial score (nSPS) is 17.5. The van der Waals surface area contributed by atoms with Crippen LogP contribution in [0.5, 0.6) is 0 Å². The van der Waals surface area contributed by atoms with Crippen molar-refractivity contribution >= 4 is 0 Å². The van der Waals surface area contributed by atoms with E-state index in [9.17, 15) is 0 Å². The van der Waals surface area contributed by atoms with Crippen LogP contribution >= 0.6 is 0 Å². The van der Waals surface area contributed by atoms with Gasteiger partial charge in [-0.05, 0) is 25.9 Å². The van der Waals surface area contributed by atoms with Gasteiger partial charge in [0.05, 0.1) is 13.1 Å². The predicted molar refractivity (Wildman–Crippen MR) is 69.7 cm³/mol. The molecular formula is C13H24N4O. The maximum atomic E-state index is 5.44. The Morgan fingerprint density at radius 3 is 2.78 bits per heavy atom.